The van der Waals surface area contributed by atoms with Gasteiger partial charge in [0.15, 0.2) is 0 Å². The van der Waals surface area contributed by atoms with Crippen molar-refractivity contribution >= 4 is 5.69 Å². The molecule has 1 aromatic rings. The number of nitrogens with one attached hydrogen (secondary N) is 1. The molecule has 0 radical (unpaired) electrons. The molecular weight excluding hydrogens is 296 g/mol. The Labute approximate surface area is 147 Å². The Balaban J connectivity index is 0.000000815. The summed E-state index contributed by atoms with van der Waals surface area (Å²) in [5.74, 6) is 0. The number of nitrogens with zero attached hydrogens (tertiary/aromatic N) is 3. The molecule has 0 aliphatic carbocycles. The van der Waals surface area contributed by atoms with Gasteiger partial charge in [-0.05, 0) is 43.5 Å². The van der Waals surface area contributed by atoms with Crippen LogP contribution in [-0.2, 0) is 0 Å². The lowest BCUT2D eigenvalue weighted by Crippen LogP contribution is -2.59. The molecule has 3 heterocycles. The van der Waals surface area contributed by atoms with E-state index >= 15 is 0 Å². The molecule has 3 aliphatic rings. The molecule has 0 bridgehead atoms. The third-order valence-corrected chi connectivity index (χ3v) is 5.81. The van der Waals surface area contributed by atoms with Crippen LogP contribution in [-0.4, -0.2) is 68.8 Å². The minimum atomic E-state index is 0.669. The molecular formula is C20H34N4. The second-order valence-electron chi connectivity index (χ2n) is 7.30. The van der Waals surface area contributed by atoms with Crippen molar-refractivity contribution in [1.29, 1.82) is 0 Å². The molecule has 4 rings (SSSR count). The third kappa shape index (κ3) is 4.11. The second-order valence-corrected chi connectivity index (χ2v) is 7.30. The summed E-state index contributed by atoms with van der Waals surface area (Å²) in [5.41, 5.74) is 2.04. The van der Waals surface area contributed by atoms with E-state index in [0.717, 1.165) is 13.1 Å². The normalized spacial score (nSPS) is 24.2. The lowest BCUT2D eigenvalue weighted by molar-refractivity contribution is 0.0251. The van der Waals surface area contributed by atoms with Crippen LogP contribution >= 0.6 is 0 Å². The van der Waals surface area contributed by atoms with Gasteiger partial charge in [0.05, 0.1) is 6.67 Å². The van der Waals surface area contributed by atoms with Gasteiger partial charge >= 0.3 is 0 Å². The number of rotatable bonds is 3. The summed E-state index contributed by atoms with van der Waals surface area (Å²) in [4.78, 5) is 7.82. The average Bonchev–Trinajstić information content (AvgIpc) is 2.64. The highest BCUT2D eigenvalue weighted by Gasteiger charge is 2.39. The van der Waals surface area contributed by atoms with Crippen LogP contribution in [0.2, 0.25) is 0 Å². The first-order valence-corrected chi connectivity index (χ1v) is 9.79. The fourth-order valence-corrected chi connectivity index (χ4v) is 4.07. The Kier molecular flexibility index (Phi) is 6.14. The minimum absolute atomic E-state index is 0.669. The molecule has 0 atom stereocenters. The minimum Gasteiger partial charge on any atom is -0.369 e. The number of piperidine rings is 1. The standard InChI is InChI=1S/C18H28N4.C2H6/c1-2-4-17(5-3-1)22-12-10-21(11-13-22)16-20-8-6-18(7-9-20)14-19-15-18;1-2/h1-5,19H,6-16H2;1-2H3. The van der Waals surface area contributed by atoms with Gasteiger partial charge < -0.3 is 10.2 Å². The zero-order valence-electron chi connectivity index (χ0n) is 15.5. The molecule has 3 saturated heterocycles. The van der Waals surface area contributed by atoms with E-state index in [2.05, 4.69) is 50.3 Å². The molecule has 3 aliphatic heterocycles. The van der Waals surface area contributed by atoms with Crippen molar-refractivity contribution in [3.8, 4) is 0 Å². The number of para-hydroxylation sites is 1. The van der Waals surface area contributed by atoms with Crippen molar-refractivity contribution in [1.82, 2.24) is 15.1 Å². The Morgan fingerprint density at radius 3 is 1.96 bits per heavy atom. The Hall–Kier alpha value is -1.10. The molecule has 1 aromatic carbocycles. The topological polar surface area (TPSA) is 21.8 Å². The SMILES string of the molecule is CC.c1ccc(N2CCN(CN3CCC4(CC3)CNC4)CC2)cc1. The largest absolute Gasteiger partial charge is 0.369 e. The average molecular weight is 331 g/mol. The zero-order chi connectivity index (χ0) is 16.8. The maximum atomic E-state index is 3.45. The Morgan fingerprint density at radius 1 is 0.833 bits per heavy atom. The summed E-state index contributed by atoms with van der Waals surface area (Å²) in [6.07, 6.45) is 2.79. The van der Waals surface area contributed by atoms with Crippen LogP contribution in [0.3, 0.4) is 0 Å². The van der Waals surface area contributed by atoms with Crippen LogP contribution in [0.15, 0.2) is 30.3 Å². The number of hydrogen-bond acceptors (Lipinski definition) is 4. The van der Waals surface area contributed by atoms with Crippen LogP contribution in [0.25, 0.3) is 0 Å². The maximum Gasteiger partial charge on any atom is 0.0507 e. The lowest BCUT2D eigenvalue weighted by atomic mass is 9.73. The molecule has 3 fully saturated rings. The van der Waals surface area contributed by atoms with Crippen LogP contribution < -0.4 is 10.2 Å². The van der Waals surface area contributed by atoms with Crippen molar-refractivity contribution in [2.45, 2.75) is 26.7 Å². The molecule has 4 nitrogen and oxygen atoms in total. The van der Waals surface area contributed by atoms with Gasteiger partial charge in [-0.15, -0.1) is 0 Å². The van der Waals surface area contributed by atoms with Gasteiger partial charge in [0.2, 0.25) is 0 Å². The Morgan fingerprint density at radius 2 is 1.42 bits per heavy atom. The molecule has 0 amide bonds. The molecule has 0 saturated carbocycles. The first-order valence-electron chi connectivity index (χ1n) is 9.79. The highest BCUT2D eigenvalue weighted by molar-refractivity contribution is 5.46. The van der Waals surface area contributed by atoms with Crippen LogP contribution in [0.1, 0.15) is 26.7 Å². The molecule has 24 heavy (non-hydrogen) atoms. The van der Waals surface area contributed by atoms with Crippen molar-refractivity contribution < 1.29 is 0 Å². The van der Waals surface area contributed by atoms with E-state index in [1.807, 2.05) is 13.8 Å². The Bertz CT molecular complexity index is 468. The second kappa shape index (κ2) is 8.32. The molecule has 134 valence electrons. The molecule has 0 unspecified atom stereocenters. The number of anilines is 1. The summed E-state index contributed by atoms with van der Waals surface area (Å²) >= 11 is 0. The van der Waals surface area contributed by atoms with Gasteiger partial charge in [0, 0.05) is 45.0 Å². The van der Waals surface area contributed by atoms with Gasteiger partial charge in [-0.25, -0.2) is 0 Å². The zero-order valence-corrected chi connectivity index (χ0v) is 15.5. The summed E-state index contributed by atoms with van der Waals surface area (Å²) in [5, 5.41) is 3.45. The van der Waals surface area contributed by atoms with Crippen LogP contribution in [0.4, 0.5) is 5.69 Å². The van der Waals surface area contributed by atoms with Crippen molar-refractivity contribution in [3.63, 3.8) is 0 Å². The van der Waals surface area contributed by atoms with Crippen molar-refractivity contribution in [2.75, 3.05) is 63.9 Å². The van der Waals surface area contributed by atoms with Crippen LogP contribution in [0.5, 0.6) is 0 Å². The van der Waals surface area contributed by atoms with Gasteiger partial charge in [-0.3, -0.25) is 9.80 Å². The summed E-state index contributed by atoms with van der Waals surface area (Å²) in [7, 11) is 0. The van der Waals surface area contributed by atoms with Gasteiger partial charge in [-0.1, -0.05) is 32.0 Å². The van der Waals surface area contributed by atoms with Crippen molar-refractivity contribution in [3.05, 3.63) is 30.3 Å². The first kappa shape index (κ1) is 17.7. The van der Waals surface area contributed by atoms with Gasteiger partial charge in [0.25, 0.3) is 0 Å². The first-order chi connectivity index (χ1) is 11.8. The van der Waals surface area contributed by atoms with E-state index in [4.69, 9.17) is 0 Å². The predicted molar refractivity (Wildman–Crippen MR) is 103 cm³/mol. The van der Waals surface area contributed by atoms with E-state index in [-0.39, 0.29) is 0 Å². The van der Waals surface area contributed by atoms with E-state index < -0.39 is 0 Å². The summed E-state index contributed by atoms with van der Waals surface area (Å²) in [6.45, 7) is 15.0. The molecule has 4 heteroatoms. The number of likely N-dealkylation sites (tertiary alicyclic amines) is 1. The summed E-state index contributed by atoms with van der Waals surface area (Å²) < 4.78 is 0. The highest BCUT2D eigenvalue weighted by Crippen LogP contribution is 2.34. The fourth-order valence-electron chi connectivity index (χ4n) is 4.07. The number of hydrogen-bond donors (Lipinski definition) is 1. The van der Waals surface area contributed by atoms with Crippen molar-refractivity contribution in [2.24, 2.45) is 5.41 Å². The molecule has 0 aromatic heterocycles. The summed E-state index contributed by atoms with van der Waals surface area (Å²) in [6, 6.07) is 10.8. The predicted octanol–water partition coefficient (Wildman–Crippen LogP) is 2.48. The third-order valence-electron chi connectivity index (χ3n) is 5.81. The van der Waals surface area contributed by atoms with E-state index in [1.54, 1.807) is 0 Å². The molecule has 1 N–H and O–H groups in total. The van der Waals surface area contributed by atoms with E-state index in [1.165, 1.54) is 64.5 Å². The highest BCUT2D eigenvalue weighted by atomic mass is 15.4. The number of benzene rings is 1. The van der Waals surface area contributed by atoms with E-state index in [0.29, 0.717) is 5.41 Å². The number of piperazine rings is 1. The lowest BCUT2D eigenvalue weighted by Gasteiger charge is -2.49. The maximum absolute atomic E-state index is 3.45. The van der Waals surface area contributed by atoms with Gasteiger partial charge in [0.1, 0.15) is 0 Å². The fraction of sp³-hybridized carbons (Fsp3) is 0.700. The monoisotopic (exact) mass is 330 g/mol. The van der Waals surface area contributed by atoms with E-state index in [9.17, 15) is 0 Å². The molecule has 1 spiro atoms. The van der Waals surface area contributed by atoms with Crippen LogP contribution in [0, 0.1) is 5.41 Å². The smallest absolute Gasteiger partial charge is 0.0507 e. The van der Waals surface area contributed by atoms with Gasteiger partial charge in [-0.2, -0.15) is 0 Å². The quantitative estimate of drug-likeness (QED) is 0.919.